The lowest BCUT2D eigenvalue weighted by Gasteiger charge is -2.53. The van der Waals surface area contributed by atoms with Gasteiger partial charge < -0.3 is 15.1 Å². The summed E-state index contributed by atoms with van der Waals surface area (Å²) in [6, 6.07) is 31.4. The summed E-state index contributed by atoms with van der Waals surface area (Å²) in [6.45, 7) is 0. The van der Waals surface area contributed by atoms with Crippen molar-refractivity contribution in [3.05, 3.63) is 126 Å². The van der Waals surface area contributed by atoms with Crippen LogP contribution >= 0.6 is 0 Å². The number of carboxylic acids is 2. The molecule has 1 amide bonds. The summed E-state index contributed by atoms with van der Waals surface area (Å²) in [5.74, 6) is -2.47. The van der Waals surface area contributed by atoms with E-state index in [1.165, 1.54) is 11.1 Å². The van der Waals surface area contributed by atoms with Crippen molar-refractivity contribution < 1.29 is 24.6 Å². The van der Waals surface area contributed by atoms with Gasteiger partial charge in [-0.3, -0.25) is 9.69 Å². The number of nitrogens with zero attached hydrogens (tertiary/aromatic N) is 2. The Balaban J connectivity index is 0.000000507. The summed E-state index contributed by atoms with van der Waals surface area (Å²) in [7, 11) is 6.33. The number of amides is 1. The van der Waals surface area contributed by atoms with E-state index in [1.807, 2.05) is 54.4 Å². The minimum absolute atomic E-state index is 0.0245. The largest absolute Gasteiger partial charge is 0.478 e. The molecule has 0 aromatic heterocycles. The van der Waals surface area contributed by atoms with E-state index in [-0.39, 0.29) is 17.0 Å². The Labute approximate surface area is 242 Å². The topological polar surface area (TPSA) is 98.2 Å². The van der Waals surface area contributed by atoms with E-state index in [1.54, 1.807) is 6.08 Å². The number of hydrogen-bond acceptors (Lipinski definition) is 4. The Morgan fingerprint density at radius 3 is 1.41 bits per heavy atom. The van der Waals surface area contributed by atoms with Crippen LogP contribution in [0, 0.1) is 0 Å². The zero-order chi connectivity index (χ0) is 29.9. The number of likely N-dealkylation sites (N-methyl/N-ethyl adjacent to an activating group) is 1. The summed E-state index contributed by atoms with van der Waals surface area (Å²) in [5.41, 5.74) is 3.26. The average Bonchev–Trinajstić information content (AvgIpc) is 3.00. The smallest absolute Gasteiger partial charge is 0.328 e. The van der Waals surface area contributed by atoms with Gasteiger partial charge in [-0.25, -0.2) is 9.59 Å². The number of benzene rings is 3. The highest BCUT2D eigenvalue weighted by Gasteiger charge is 2.48. The van der Waals surface area contributed by atoms with Crippen molar-refractivity contribution in [2.24, 2.45) is 0 Å². The maximum Gasteiger partial charge on any atom is 0.328 e. The third-order valence-electron chi connectivity index (χ3n) is 7.94. The molecule has 3 aromatic rings. The van der Waals surface area contributed by atoms with Gasteiger partial charge in [-0.05, 0) is 62.5 Å². The van der Waals surface area contributed by atoms with Gasteiger partial charge in [-0.1, -0.05) is 91.0 Å². The van der Waals surface area contributed by atoms with Crippen LogP contribution in [-0.4, -0.2) is 59.0 Å². The molecule has 1 saturated carbocycles. The highest BCUT2D eigenvalue weighted by Crippen LogP contribution is 2.50. The van der Waals surface area contributed by atoms with Gasteiger partial charge in [0.05, 0.1) is 5.54 Å². The van der Waals surface area contributed by atoms with Gasteiger partial charge in [0.1, 0.15) is 0 Å². The highest BCUT2D eigenvalue weighted by atomic mass is 16.4. The van der Waals surface area contributed by atoms with Gasteiger partial charge in [-0.15, -0.1) is 0 Å². The average molecular weight is 555 g/mol. The van der Waals surface area contributed by atoms with Crippen molar-refractivity contribution in [2.45, 2.75) is 36.8 Å². The lowest BCUT2D eigenvalue weighted by atomic mass is 9.66. The molecule has 3 aromatic carbocycles. The van der Waals surface area contributed by atoms with Gasteiger partial charge in [0.2, 0.25) is 5.91 Å². The van der Waals surface area contributed by atoms with Crippen molar-refractivity contribution in [3.63, 3.8) is 0 Å². The van der Waals surface area contributed by atoms with Crippen molar-refractivity contribution in [2.75, 3.05) is 21.1 Å². The Hall–Kier alpha value is -4.49. The van der Waals surface area contributed by atoms with Gasteiger partial charge in [-0.2, -0.15) is 0 Å². The first kappa shape index (κ1) is 31.0. The second-order valence-electron chi connectivity index (χ2n) is 10.3. The van der Waals surface area contributed by atoms with Crippen LogP contribution in [-0.2, 0) is 25.5 Å². The summed E-state index contributed by atoms with van der Waals surface area (Å²) < 4.78 is 0. The molecule has 2 N–H and O–H groups in total. The Morgan fingerprint density at radius 2 is 1.00 bits per heavy atom. The molecule has 4 rings (SSSR count). The standard InChI is InChI=1S/C30H34N2O.C4H4O4/c1-31(2)29(26-15-9-5-10-16-26)21-23-30(24-22-29,27-17-11-6-12-18-27)32(3)28(33)20-19-25-13-7-4-8-14-25;5-3(6)1-2-4(7)8/h4-20H,21-24H2,1-3H3;1-2H,(H,5,6)(H,7,8)/b20-19+;2-1+. The van der Waals surface area contributed by atoms with Crippen LogP contribution in [0.4, 0.5) is 0 Å². The fourth-order valence-electron chi connectivity index (χ4n) is 5.58. The molecule has 214 valence electrons. The minimum atomic E-state index is -1.26. The van der Waals surface area contributed by atoms with Crippen molar-refractivity contribution in [1.29, 1.82) is 0 Å². The van der Waals surface area contributed by atoms with Crippen LogP contribution in [0.15, 0.2) is 109 Å². The molecule has 0 bridgehead atoms. The van der Waals surface area contributed by atoms with E-state index in [2.05, 4.69) is 73.6 Å². The molecule has 0 heterocycles. The Kier molecular flexibility index (Phi) is 10.8. The molecule has 41 heavy (non-hydrogen) atoms. The second-order valence-corrected chi connectivity index (χ2v) is 10.3. The van der Waals surface area contributed by atoms with E-state index in [9.17, 15) is 14.4 Å². The fourth-order valence-corrected chi connectivity index (χ4v) is 5.58. The van der Waals surface area contributed by atoms with Gasteiger partial charge in [0, 0.05) is 30.8 Å². The molecule has 7 nitrogen and oxygen atoms in total. The highest BCUT2D eigenvalue weighted by molar-refractivity contribution is 5.92. The van der Waals surface area contributed by atoms with Gasteiger partial charge in [0.15, 0.2) is 0 Å². The maximum absolute atomic E-state index is 13.4. The van der Waals surface area contributed by atoms with Crippen LogP contribution in [0.25, 0.3) is 6.08 Å². The summed E-state index contributed by atoms with van der Waals surface area (Å²) >= 11 is 0. The summed E-state index contributed by atoms with van der Waals surface area (Å²) in [6.07, 6.45) is 8.53. The molecule has 0 radical (unpaired) electrons. The predicted octanol–water partition coefficient (Wildman–Crippen LogP) is 5.80. The van der Waals surface area contributed by atoms with Crippen molar-refractivity contribution >= 4 is 23.9 Å². The van der Waals surface area contributed by atoms with Gasteiger partial charge in [0.25, 0.3) is 0 Å². The minimum Gasteiger partial charge on any atom is -0.478 e. The van der Waals surface area contributed by atoms with Crippen molar-refractivity contribution in [3.8, 4) is 0 Å². The predicted molar refractivity (Wildman–Crippen MR) is 161 cm³/mol. The van der Waals surface area contributed by atoms with Gasteiger partial charge >= 0.3 is 11.9 Å². The molecule has 1 fully saturated rings. The van der Waals surface area contributed by atoms with E-state index in [0.717, 1.165) is 31.2 Å². The normalized spacial score (nSPS) is 20.4. The number of aliphatic carboxylic acids is 2. The number of carbonyl (C=O) groups excluding carboxylic acids is 1. The SMILES string of the molecule is CN(C)C1(c2ccccc2)CCC(c2ccccc2)(N(C)C(=O)/C=C/c2ccccc2)CC1.O=C(O)/C=C/C(=O)O. The summed E-state index contributed by atoms with van der Waals surface area (Å²) in [5, 5.41) is 15.6. The number of carbonyl (C=O) groups is 3. The molecule has 0 spiro atoms. The van der Waals surface area contributed by atoms with Crippen LogP contribution in [0.5, 0.6) is 0 Å². The molecule has 7 heteroatoms. The van der Waals surface area contributed by atoms with Crippen LogP contribution in [0.1, 0.15) is 42.4 Å². The van der Waals surface area contributed by atoms with E-state index < -0.39 is 11.9 Å². The van der Waals surface area contributed by atoms with Crippen molar-refractivity contribution in [1.82, 2.24) is 9.80 Å². The van der Waals surface area contributed by atoms with E-state index >= 15 is 0 Å². The zero-order valence-corrected chi connectivity index (χ0v) is 23.8. The molecule has 0 unspecified atom stereocenters. The quantitative estimate of drug-likeness (QED) is 0.342. The molecule has 0 aliphatic heterocycles. The molecule has 1 aliphatic carbocycles. The number of hydrogen-bond donors (Lipinski definition) is 2. The lowest BCUT2D eigenvalue weighted by Crippen LogP contribution is -2.54. The Morgan fingerprint density at radius 1 is 0.610 bits per heavy atom. The van der Waals surface area contributed by atoms with E-state index in [0.29, 0.717) is 12.2 Å². The summed E-state index contributed by atoms with van der Waals surface area (Å²) in [4.78, 5) is 36.8. The molecule has 0 saturated heterocycles. The molecule has 0 atom stereocenters. The fraction of sp³-hybridized carbons (Fsp3) is 0.265. The zero-order valence-electron chi connectivity index (χ0n) is 23.8. The lowest BCUT2D eigenvalue weighted by molar-refractivity contribution is -0.134. The monoisotopic (exact) mass is 554 g/mol. The first-order valence-electron chi connectivity index (χ1n) is 13.5. The Bertz CT molecular complexity index is 1330. The van der Waals surface area contributed by atoms with Crippen LogP contribution in [0.3, 0.4) is 0 Å². The number of carboxylic acid groups (broad SMARTS) is 2. The molecule has 1 aliphatic rings. The third-order valence-corrected chi connectivity index (χ3v) is 7.94. The first-order valence-corrected chi connectivity index (χ1v) is 13.5. The van der Waals surface area contributed by atoms with Crippen LogP contribution in [0.2, 0.25) is 0 Å². The number of rotatable bonds is 8. The molecular weight excluding hydrogens is 516 g/mol. The maximum atomic E-state index is 13.4. The molecular formula is C34H38N2O5. The third kappa shape index (κ3) is 7.80. The van der Waals surface area contributed by atoms with Crippen LogP contribution < -0.4 is 0 Å². The first-order chi connectivity index (χ1) is 19.6. The second kappa shape index (κ2) is 14.2. The van der Waals surface area contributed by atoms with E-state index in [4.69, 9.17) is 10.2 Å².